The van der Waals surface area contributed by atoms with E-state index in [9.17, 15) is 9.59 Å². The van der Waals surface area contributed by atoms with Gasteiger partial charge < -0.3 is 9.47 Å². The Hall–Kier alpha value is -2.99. The van der Waals surface area contributed by atoms with Gasteiger partial charge in [-0.15, -0.1) is 6.58 Å². The zero-order valence-corrected chi connectivity index (χ0v) is 16.4. The Labute approximate surface area is 168 Å². The third kappa shape index (κ3) is 4.84. The Morgan fingerprint density at radius 3 is 2.57 bits per heavy atom. The minimum absolute atomic E-state index is 0.356. The predicted octanol–water partition coefficient (Wildman–Crippen LogP) is 4.72. The molecule has 0 atom stereocenters. The second kappa shape index (κ2) is 9.28. The quantitative estimate of drug-likeness (QED) is 0.518. The number of carbonyl (C=O) groups is 2. The lowest BCUT2D eigenvalue weighted by Crippen LogP contribution is -2.17. The zero-order chi connectivity index (χ0) is 19.9. The van der Waals surface area contributed by atoms with E-state index in [1.54, 1.807) is 12.2 Å². The molecule has 2 aromatic carbocycles. The Bertz CT molecular complexity index is 922. The largest absolute Gasteiger partial charge is 0.490 e. The number of hydrogen-bond acceptors (Lipinski definition) is 5. The van der Waals surface area contributed by atoms with Crippen molar-refractivity contribution in [2.24, 2.45) is 0 Å². The first kappa shape index (κ1) is 19.8. The Morgan fingerprint density at radius 1 is 1.14 bits per heavy atom. The molecule has 0 aromatic heterocycles. The molecule has 3 rings (SSSR count). The van der Waals surface area contributed by atoms with Crippen molar-refractivity contribution in [2.75, 3.05) is 6.61 Å². The number of allylic oxidation sites excluding steroid dienone is 1. The number of nitrogens with one attached hydrogen (secondary N) is 1. The maximum absolute atomic E-state index is 11.8. The summed E-state index contributed by atoms with van der Waals surface area (Å²) in [5, 5.41) is 1.90. The number of benzene rings is 2. The number of ether oxygens (including phenoxy) is 2. The molecule has 5 nitrogen and oxygen atoms in total. The predicted molar refractivity (Wildman–Crippen MR) is 111 cm³/mol. The molecule has 2 amide bonds. The van der Waals surface area contributed by atoms with Gasteiger partial charge in [0.2, 0.25) is 0 Å². The molecule has 0 bridgehead atoms. The summed E-state index contributed by atoms with van der Waals surface area (Å²) in [6.45, 7) is 6.61. The Morgan fingerprint density at radius 2 is 1.93 bits per heavy atom. The summed E-state index contributed by atoms with van der Waals surface area (Å²) in [6.07, 6.45) is 4.05. The smallest absolute Gasteiger partial charge is 0.290 e. The first-order valence-corrected chi connectivity index (χ1v) is 9.74. The van der Waals surface area contributed by atoms with Crippen molar-refractivity contribution in [3.63, 3.8) is 0 Å². The van der Waals surface area contributed by atoms with Gasteiger partial charge in [0.25, 0.3) is 11.1 Å². The van der Waals surface area contributed by atoms with E-state index >= 15 is 0 Å². The van der Waals surface area contributed by atoms with Gasteiger partial charge in [-0.3, -0.25) is 14.9 Å². The Kier molecular flexibility index (Phi) is 6.55. The van der Waals surface area contributed by atoms with Gasteiger partial charge >= 0.3 is 0 Å². The van der Waals surface area contributed by atoms with Crippen LogP contribution in [0.1, 0.15) is 23.6 Å². The number of amides is 2. The van der Waals surface area contributed by atoms with Crippen LogP contribution < -0.4 is 14.8 Å². The summed E-state index contributed by atoms with van der Waals surface area (Å²) in [5.41, 5.74) is 2.72. The van der Waals surface area contributed by atoms with Crippen LogP contribution in [-0.4, -0.2) is 17.8 Å². The topological polar surface area (TPSA) is 64.6 Å². The summed E-state index contributed by atoms with van der Waals surface area (Å²) in [6, 6.07) is 13.6. The molecular weight excluding hydrogens is 374 g/mol. The molecule has 1 heterocycles. The SMILES string of the molecule is C=CCc1cc(/C=C2/SC(=O)NC2=O)cc(OCC)c1OCc1ccccc1. The summed E-state index contributed by atoms with van der Waals surface area (Å²) in [5.74, 6) is 0.870. The zero-order valence-electron chi connectivity index (χ0n) is 15.6. The van der Waals surface area contributed by atoms with Crippen molar-refractivity contribution in [3.8, 4) is 11.5 Å². The van der Waals surface area contributed by atoms with Crippen molar-refractivity contribution in [1.82, 2.24) is 5.32 Å². The average molecular weight is 395 g/mol. The maximum atomic E-state index is 11.8. The van der Waals surface area contributed by atoms with Gasteiger partial charge in [-0.05, 0) is 54.4 Å². The van der Waals surface area contributed by atoms with Crippen LogP contribution in [0.5, 0.6) is 11.5 Å². The van der Waals surface area contributed by atoms with Crippen LogP contribution in [0.3, 0.4) is 0 Å². The van der Waals surface area contributed by atoms with Crippen molar-refractivity contribution in [1.29, 1.82) is 0 Å². The van der Waals surface area contributed by atoms with E-state index in [4.69, 9.17) is 9.47 Å². The van der Waals surface area contributed by atoms with Gasteiger partial charge in [-0.2, -0.15) is 0 Å². The number of thioether (sulfide) groups is 1. The van der Waals surface area contributed by atoms with E-state index in [2.05, 4.69) is 11.9 Å². The van der Waals surface area contributed by atoms with E-state index in [0.29, 0.717) is 36.0 Å². The van der Waals surface area contributed by atoms with Crippen molar-refractivity contribution in [2.45, 2.75) is 20.0 Å². The summed E-state index contributed by atoms with van der Waals surface area (Å²) in [4.78, 5) is 23.6. The van der Waals surface area contributed by atoms with Crippen molar-refractivity contribution >= 4 is 29.0 Å². The molecule has 1 saturated heterocycles. The second-order valence-corrected chi connectivity index (χ2v) is 7.07. The van der Waals surface area contributed by atoms with Crippen LogP contribution in [0.15, 0.2) is 60.0 Å². The second-order valence-electron chi connectivity index (χ2n) is 6.06. The standard InChI is InChI=1S/C22H21NO4S/c1-3-8-17-11-16(13-19-21(24)23-22(25)28-19)12-18(26-4-2)20(17)27-14-15-9-6-5-7-10-15/h3,5-7,9-13H,1,4,8,14H2,2H3,(H,23,24,25)/b19-13+. The fourth-order valence-electron chi connectivity index (χ4n) is 2.80. The minimum atomic E-state index is -0.386. The van der Waals surface area contributed by atoms with E-state index in [1.165, 1.54) is 0 Å². The molecule has 6 heteroatoms. The van der Waals surface area contributed by atoms with E-state index in [-0.39, 0.29) is 11.1 Å². The van der Waals surface area contributed by atoms with E-state index in [0.717, 1.165) is 28.5 Å². The molecule has 0 radical (unpaired) electrons. The molecule has 1 N–H and O–H groups in total. The third-order valence-electron chi connectivity index (χ3n) is 3.98. The third-order valence-corrected chi connectivity index (χ3v) is 4.79. The van der Waals surface area contributed by atoms with Gasteiger partial charge in [-0.25, -0.2) is 0 Å². The van der Waals surface area contributed by atoms with Crippen LogP contribution in [0.25, 0.3) is 6.08 Å². The lowest BCUT2D eigenvalue weighted by molar-refractivity contribution is -0.115. The molecule has 0 spiro atoms. The maximum Gasteiger partial charge on any atom is 0.290 e. The van der Waals surface area contributed by atoms with Crippen LogP contribution in [0.4, 0.5) is 4.79 Å². The molecule has 0 saturated carbocycles. The van der Waals surface area contributed by atoms with Gasteiger partial charge in [0.05, 0.1) is 11.5 Å². The van der Waals surface area contributed by atoms with Gasteiger partial charge in [0, 0.05) is 5.56 Å². The first-order valence-electron chi connectivity index (χ1n) is 8.93. The number of rotatable bonds is 8. The van der Waals surface area contributed by atoms with Crippen LogP contribution in [0.2, 0.25) is 0 Å². The lowest BCUT2D eigenvalue weighted by Gasteiger charge is -2.17. The highest BCUT2D eigenvalue weighted by atomic mass is 32.2. The van der Waals surface area contributed by atoms with Crippen molar-refractivity contribution in [3.05, 3.63) is 76.7 Å². The molecule has 28 heavy (non-hydrogen) atoms. The van der Waals surface area contributed by atoms with Crippen LogP contribution >= 0.6 is 11.8 Å². The monoisotopic (exact) mass is 395 g/mol. The molecule has 1 aliphatic heterocycles. The molecule has 0 aliphatic carbocycles. The highest BCUT2D eigenvalue weighted by molar-refractivity contribution is 8.18. The minimum Gasteiger partial charge on any atom is -0.490 e. The van der Waals surface area contributed by atoms with Crippen LogP contribution in [-0.2, 0) is 17.8 Å². The fourth-order valence-corrected chi connectivity index (χ4v) is 3.48. The van der Waals surface area contributed by atoms with Gasteiger partial charge in [-0.1, -0.05) is 36.4 Å². The molecule has 144 valence electrons. The molecule has 1 fully saturated rings. The first-order chi connectivity index (χ1) is 13.6. The average Bonchev–Trinajstić information content (AvgIpc) is 2.99. The van der Waals surface area contributed by atoms with Crippen LogP contribution in [0, 0.1) is 0 Å². The molecule has 2 aromatic rings. The molecule has 0 unspecified atom stereocenters. The summed E-state index contributed by atoms with van der Waals surface area (Å²) in [7, 11) is 0. The number of imide groups is 1. The highest BCUT2D eigenvalue weighted by Gasteiger charge is 2.25. The highest BCUT2D eigenvalue weighted by Crippen LogP contribution is 2.36. The summed E-state index contributed by atoms with van der Waals surface area (Å²) >= 11 is 0.888. The molecule has 1 aliphatic rings. The van der Waals surface area contributed by atoms with Crippen molar-refractivity contribution < 1.29 is 19.1 Å². The van der Waals surface area contributed by atoms with Gasteiger partial charge in [0.15, 0.2) is 11.5 Å². The number of carbonyl (C=O) groups excluding carboxylic acids is 2. The van der Waals surface area contributed by atoms with E-state index in [1.807, 2.05) is 49.4 Å². The van der Waals surface area contributed by atoms with Gasteiger partial charge in [0.1, 0.15) is 6.61 Å². The lowest BCUT2D eigenvalue weighted by atomic mass is 10.0. The van der Waals surface area contributed by atoms with E-state index < -0.39 is 0 Å². The summed E-state index contributed by atoms with van der Waals surface area (Å²) < 4.78 is 11.9. The molecular formula is C22H21NO4S. The Balaban J connectivity index is 1.95. The number of hydrogen-bond donors (Lipinski definition) is 1. The normalized spacial score (nSPS) is 14.8. The fraction of sp³-hybridized carbons (Fsp3) is 0.182.